The van der Waals surface area contributed by atoms with Gasteiger partial charge in [0.1, 0.15) is 0 Å². The van der Waals surface area contributed by atoms with E-state index in [4.69, 9.17) is 4.74 Å². The van der Waals surface area contributed by atoms with Crippen molar-refractivity contribution in [3.63, 3.8) is 0 Å². The molecule has 0 unspecified atom stereocenters. The number of rotatable bonds is 3. The molecule has 0 aromatic carbocycles. The van der Waals surface area contributed by atoms with E-state index in [9.17, 15) is 4.79 Å². The quantitative estimate of drug-likeness (QED) is 0.779. The fraction of sp³-hybridized carbons (Fsp3) is 0.400. The molecule has 1 fully saturated rings. The second-order valence-electron chi connectivity index (χ2n) is 3.40. The van der Waals surface area contributed by atoms with Gasteiger partial charge in [0.2, 0.25) is 5.91 Å². The molecule has 74 valence electrons. The average Bonchev–Trinajstić information content (AvgIpc) is 2.13. The summed E-state index contributed by atoms with van der Waals surface area (Å²) in [5.74, 6) is 0.429. The summed E-state index contributed by atoms with van der Waals surface area (Å²) in [6.45, 7) is 1.42. The first kappa shape index (κ1) is 9.15. The van der Waals surface area contributed by atoms with E-state index in [1.54, 1.807) is 18.5 Å². The number of anilines is 1. The Bertz CT molecular complexity index is 309. The lowest BCUT2D eigenvalue weighted by molar-refractivity contribution is -0.121. The molecular formula is C10H12N2O2. The summed E-state index contributed by atoms with van der Waals surface area (Å²) < 4.78 is 4.99. The van der Waals surface area contributed by atoms with Gasteiger partial charge in [0.15, 0.2) is 0 Å². The zero-order chi connectivity index (χ0) is 9.80. The number of aromatic nitrogens is 1. The Morgan fingerprint density at radius 3 is 3.07 bits per heavy atom. The smallest absolute Gasteiger partial charge is 0.224 e. The van der Waals surface area contributed by atoms with Crippen molar-refractivity contribution in [2.24, 2.45) is 5.92 Å². The van der Waals surface area contributed by atoms with Gasteiger partial charge >= 0.3 is 0 Å². The first-order valence-corrected chi connectivity index (χ1v) is 4.62. The number of pyridine rings is 1. The van der Waals surface area contributed by atoms with E-state index in [1.807, 2.05) is 6.07 Å². The molecule has 1 saturated heterocycles. The lowest BCUT2D eigenvalue weighted by atomic mass is 10.0. The highest BCUT2D eigenvalue weighted by atomic mass is 16.5. The first-order valence-electron chi connectivity index (χ1n) is 4.62. The van der Waals surface area contributed by atoms with Crippen LogP contribution in [0.2, 0.25) is 0 Å². The van der Waals surface area contributed by atoms with E-state index < -0.39 is 0 Å². The maximum atomic E-state index is 11.4. The van der Waals surface area contributed by atoms with Crippen LogP contribution in [0.1, 0.15) is 6.42 Å². The van der Waals surface area contributed by atoms with Crippen LogP contribution < -0.4 is 5.32 Å². The molecule has 4 nitrogen and oxygen atoms in total. The van der Waals surface area contributed by atoms with E-state index in [1.165, 1.54) is 0 Å². The maximum Gasteiger partial charge on any atom is 0.224 e. The highest BCUT2D eigenvalue weighted by Gasteiger charge is 2.21. The molecule has 0 spiro atoms. The van der Waals surface area contributed by atoms with Crippen molar-refractivity contribution in [3.05, 3.63) is 24.5 Å². The van der Waals surface area contributed by atoms with Gasteiger partial charge < -0.3 is 10.1 Å². The Hall–Kier alpha value is -1.42. The van der Waals surface area contributed by atoms with Crippen molar-refractivity contribution in [2.75, 3.05) is 18.5 Å². The molecule has 1 aromatic rings. The minimum Gasteiger partial charge on any atom is -0.381 e. The molecule has 0 atom stereocenters. The van der Waals surface area contributed by atoms with Gasteiger partial charge in [0.05, 0.1) is 25.1 Å². The fourth-order valence-electron chi connectivity index (χ4n) is 1.31. The largest absolute Gasteiger partial charge is 0.381 e. The Kier molecular flexibility index (Phi) is 2.74. The summed E-state index contributed by atoms with van der Waals surface area (Å²) in [6.07, 6.45) is 3.85. The molecule has 0 radical (unpaired) electrons. The van der Waals surface area contributed by atoms with Crippen molar-refractivity contribution in [1.29, 1.82) is 0 Å². The Morgan fingerprint density at radius 1 is 1.64 bits per heavy atom. The van der Waals surface area contributed by atoms with Crippen LogP contribution in [0.15, 0.2) is 24.5 Å². The zero-order valence-corrected chi connectivity index (χ0v) is 7.77. The van der Waals surface area contributed by atoms with Gasteiger partial charge in [-0.25, -0.2) is 0 Å². The number of nitrogens with zero attached hydrogens (tertiary/aromatic N) is 1. The summed E-state index contributed by atoms with van der Waals surface area (Å²) in [5, 5.41) is 2.78. The third kappa shape index (κ3) is 2.29. The van der Waals surface area contributed by atoms with Gasteiger partial charge in [0, 0.05) is 18.5 Å². The minimum absolute atomic E-state index is 0.0336. The standard InChI is InChI=1S/C10H12N2O2/c13-10(4-8-6-14-7-8)12-9-2-1-3-11-5-9/h1-3,5,8H,4,6-7H2,(H,12,13). The second-order valence-corrected chi connectivity index (χ2v) is 3.40. The van der Waals surface area contributed by atoms with Gasteiger partial charge in [-0.15, -0.1) is 0 Å². The lowest BCUT2D eigenvalue weighted by Gasteiger charge is -2.25. The zero-order valence-electron chi connectivity index (χ0n) is 7.77. The monoisotopic (exact) mass is 192 g/mol. The van der Waals surface area contributed by atoms with E-state index >= 15 is 0 Å². The molecule has 1 aliphatic rings. The average molecular weight is 192 g/mol. The van der Waals surface area contributed by atoms with E-state index in [2.05, 4.69) is 10.3 Å². The van der Waals surface area contributed by atoms with Crippen molar-refractivity contribution < 1.29 is 9.53 Å². The van der Waals surface area contributed by atoms with Crippen LogP contribution >= 0.6 is 0 Å². The van der Waals surface area contributed by atoms with E-state index in [0.717, 1.165) is 5.69 Å². The van der Waals surface area contributed by atoms with Gasteiger partial charge in [-0.3, -0.25) is 9.78 Å². The molecule has 2 rings (SSSR count). The summed E-state index contributed by atoms with van der Waals surface area (Å²) in [4.78, 5) is 15.3. The molecule has 2 heterocycles. The van der Waals surface area contributed by atoms with Gasteiger partial charge in [-0.05, 0) is 12.1 Å². The molecule has 1 aromatic heterocycles. The molecule has 1 aliphatic heterocycles. The lowest BCUT2D eigenvalue weighted by Crippen LogP contribution is -2.31. The van der Waals surface area contributed by atoms with Crippen LogP contribution in [-0.4, -0.2) is 24.1 Å². The number of amides is 1. The minimum atomic E-state index is 0.0336. The molecule has 14 heavy (non-hydrogen) atoms. The maximum absolute atomic E-state index is 11.4. The molecule has 4 heteroatoms. The van der Waals surface area contributed by atoms with Crippen LogP contribution in [0.3, 0.4) is 0 Å². The third-order valence-corrected chi connectivity index (χ3v) is 2.13. The molecule has 1 amide bonds. The van der Waals surface area contributed by atoms with Gasteiger partial charge in [0.25, 0.3) is 0 Å². The third-order valence-electron chi connectivity index (χ3n) is 2.13. The number of hydrogen-bond donors (Lipinski definition) is 1. The SMILES string of the molecule is O=C(CC1COC1)Nc1cccnc1. The topological polar surface area (TPSA) is 51.2 Å². The molecule has 0 saturated carbocycles. The predicted molar refractivity (Wildman–Crippen MR) is 51.8 cm³/mol. The van der Waals surface area contributed by atoms with E-state index in [0.29, 0.717) is 25.6 Å². The van der Waals surface area contributed by atoms with Crippen LogP contribution in [-0.2, 0) is 9.53 Å². The number of carbonyl (C=O) groups excluding carboxylic acids is 1. The predicted octanol–water partition coefficient (Wildman–Crippen LogP) is 1.06. The van der Waals surface area contributed by atoms with Gasteiger partial charge in [-0.1, -0.05) is 0 Å². The van der Waals surface area contributed by atoms with Crippen molar-refractivity contribution >= 4 is 11.6 Å². The first-order chi connectivity index (χ1) is 6.84. The summed E-state index contributed by atoms with van der Waals surface area (Å²) in [5.41, 5.74) is 0.748. The second kappa shape index (κ2) is 4.19. The molecule has 0 aliphatic carbocycles. The van der Waals surface area contributed by atoms with Crippen LogP contribution in [0, 0.1) is 5.92 Å². The summed E-state index contributed by atoms with van der Waals surface area (Å²) in [7, 11) is 0. The Balaban J connectivity index is 1.82. The summed E-state index contributed by atoms with van der Waals surface area (Å²) in [6, 6.07) is 3.62. The molecular weight excluding hydrogens is 180 g/mol. The normalized spacial score (nSPS) is 16.0. The van der Waals surface area contributed by atoms with Crippen molar-refractivity contribution in [1.82, 2.24) is 4.98 Å². The number of hydrogen-bond acceptors (Lipinski definition) is 3. The van der Waals surface area contributed by atoms with Crippen LogP contribution in [0.5, 0.6) is 0 Å². The number of ether oxygens (including phenoxy) is 1. The summed E-state index contributed by atoms with van der Waals surface area (Å²) >= 11 is 0. The van der Waals surface area contributed by atoms with Crippen LogP contribution in [0.4, 0.5) is 5.69 Å². The molecule has 1 N–H and O–H groups in total. The van der Waals surface area contributed by atoms with Crippen molar-refractivity contribution in [3.8, 4) is 0 Å². The highest BCUT2D eigenvalue weighted by molar-refractivity contribution is 5.90. The number of nitrogens with one attached hydrogen (secondary N) is 1. The molecule has 0 bridgehead atoms. The highest BCUT2D eigenvalue weighted by Crippen LogP contribution is 2.15. The number of carbonyl (C=O) groups is 1. The fourth-order valence-corrected chi connectivity index (χ4v) is 1.31. The van der Waals surface area contributed by atoms with Crippen LogP contribution in [0.25, 0.3) is 0 Å². The van der Waals surface area contributed by atoms with Gasteiger partial charge in [-0.2, -0.15) is 0 Å². The van der Waals surface area contributed by atoms with Crippen molar-refractivity contribution in [2.45, 2.75) is 6.42 Å². The Morgan fingerprint density at radius 2 is 2.50 bits per heavy atom. The Labute approximate surface area is 82.3 Å². The van der Waals surface area contributed by atoms with E-state index in [-0.39, 0.29) is 5.91 Å².